The predicted octanol–water partition coefficient (Wildman–Crippen LogP) is 4.64. The molecule has 96 valence electrons. The molecule has 0 radical (unpaired) electrons. The molecule has 5 heteroatoms. The summed E-state index contributed by atoms with van der Waals surface area (Å²) >= 11 is 13.2. The van der Waals surface area contributed by atoms with Gasteiger partial charge >= 0.3 is 0 Å². The first-order chi connectivity index (χ1) is 8.40. The molecule has 1 heterocycles. The standard InChI is InChI=1S/C13H11Cl2FOS/c1-13(17,7-8-3-2-4-18-8)9-5-12(16)11(15)6-10(9)14/h2-6,17H,7H2,1H3. The predicted molar refractivity (Wildman–Crippen MR) is 74.0 cm³/mol. The van der Waals surface area contributed by atoms with Crippen molar-refractivity contribution < 1.29 is 9.50 Å². The fourth-order valence-corrected chi connectivity index (χ4v) is 3.22. The summed E-state index contributed by atoms with van der Waals surface area (Å²) in [5.74, 6) is -0.581. The molecule has 1 nitrogen and oxygen atoms in total. The summed E-state index contributed by atoms with van der Waals surface area (Å²) in [6.45, 7) is 1.61. The van der Waals surface area contributed by atoms with Gasteiger partial charge in [0.2, 0.25) is 0 Å². The summed E-state index contributed by atoms with van der Waals surface area (Å²) < 4.78 is 13.5. The smallest absolute Gasteiger partial charge is 0.142 e. The molecule has 0 amide bonds. The lowest BCUT2D eigenvalue weighted by atomic mass is 9.91. The summed E-state index contributed by atoms with van der Waals surface area (Å²) in [6.07, 6.45) is 0.380. The minimum atomic E-state index is -1.23. The first kappa shape index (κ1) is 13.8. The van der Waals surface area contributed by atoms with Gasteiger partial charge in [0.25, 0.3) is 0 Å². The molecule has 1 atom stereocenters. The molecular formula is C13H11Cl2FOS. The van der Waals surface area contributed by atoms with Crippen LogP contribution in [0.5, 0.6) is 0 Å². The summed E-state index contributed by atoms with van der Waals surface area (Å²) in [5, 5.41) is 12.6. The third-order valence-electron chi connectivity index (χ3n) is 2.69. The van der Waals surface area contributed by atoms with E-state index in [1.807, 2.05) is 17.5 Å². The van der Waals surface area contributed by atoms with Crippen LogP contribution in [0.25, 0.3) is 0 Å². The maximum Gasteiger partial charge on any atom is 0.142 e. The summed E-state index contributed by atoms with van der Waals surface area (Å²) in [5.41, 5.74) is -0.882. The van der Waals surface area contributed by atoms with E-state index in [0.717, 1.165) is 4.88 Å². The van der Waals surface area contributed by atoms with E-state index in [0.29, 0.717) is 12.0 Å². The van der Waals surface area contributed by atoms with E-state index in [9.17, 15) is 9.50 Å². The van der Waals surface area contributed by atoms with Crippen LogP contribution in [0.4, 0.5) is 4.39 Å². The second-order valence-corrected chi connectivity index (χ2v) is 6.12. The molecule has 0 saturated heterocycles. The van der Waals surface area contributed by atoms with Crippen molar-refractivity contribution in [2.45, 2.75) is 18.9 Å². The van der Waals surface area contributed by atoms with Crippen LogP contribution in [0, 0.1) is 5.82 Å². The maximum atomic E-state index is 13.5. The van der Waals surface area contributed by atoms with E-state index in [-0.39, 0.29) is 10.0 Å². The molecular weight excluding hydrogens is 294 g/mol. The molecule has 0 bridgehead atoms. The summed E-state index contributed by atoms with van der Waals surface area (Å²) in [7, 11) is 0. The van der Waals surface area contributed by atoms with Gasteiger partial charge < -0.3 is 5.11 Å². The van der Waals surface area contributed by atoms with E-state index in [1.165, 1.54) is 23.5 Å². The number of thiophene rings is 1. The average molecular weight is 305 g/mol. The van der Waals surface area contributed by atoms with Crippen molar-refractivity contribution >= 4 is 34.5 Å². The molecule has 1 N–H and O–H groups in total. The molecule has 2 aromatic rings. The van der Waals surface area contributed by atoms with Gasteiger partial charge in [0.15, 0.2) is 0 Å². The number of hydrogen-bond donors (Lipinski definition) is 1. The van der Waals surface area contributed by atoms with Crippen molar-refractivity contribution in [2.24, 2.45) is 0 Å². The zero-order valence-electron chi connectivity index (χ0n) is 9.58. The molecule has 0 aliphatic heterocycles. The number of halogens is 3. The molecule has 2 rings (SSSR count). The van der Waals surface area contributed by atoms with Gasteiger partial charge in [-0.25, -0.2) is 4.39 Å². The first-order valence-corrected chi connectivity index (χ1v) is 6.93. The fourth-order valence-electron chi connectivity index (χ4n) is 1.78. The topological polar surface area (TPSA) is 20.2 Å². The lowest BCUT2D eigenvalue weighted by Crippen LogP contribution is -2.24. The van der Waals surface area contributed by atoms with Gasteiger partial charge in [0.1, 0.15) is 5.82 Å². The monoisotopic (exact) mass is 304 g/mol. The van der Waals surface area contributed by atoms with Crippen LogP contribution in [0.3, 0.4) is 0 Å². The van der Waals surface area contributed by atoms with Crippen LogP contribution in [0.2, 0.25) is 10.0 Å². The van der Waals surface area contributed by atoms with E-state index >= 15 is 0 Å². The van der Waals surface area contributed by atoms with Gasteiger partial charge in [-0.3, -0.25) is 0 Å². The van der Waals surface area contributed by atoms with E-state index in [1.54, 1.807) is 6.92 Å². The van der Waals surface area contributed by atoms with Gasteiger partial charge in [-0.15, -0.1) is 11.3 Å². The van der Waals surface area contributed by atoms with E-state index in [2.05, 4.69) is 0 Å². The van der Waals surface area contributed by atoms with Crippen LogP contribution in [0.1, 0.15) is 17.4 Å². The van der Waals surface area contributed by atoms with Crippen LogP contribution in [-0.2, 0) is 12.0 Å². The third kappa shape index (κ3) is 2.86. The number of aliphatic hydroxyl groups is 1. The maximum absolute atomic E-state index is 13.5. The summed E-state index contributed by atoms with van der Waals surface area (Å²) in [6, 6.07) is 6.33. The Morgan fingerprint density at radius 2 is 2.06 bits per heavy atom. The molecule has 0 aliphatic rings. The fraction of sp³-hybridized carbons (Fsp3) is 0.231. The molecule has 1 aromatic carbocycles. The Hall–Kier alpha value is -0.610. The highest BCUT2D eigenvalue weighted by Gasteiger charge is 2.27. The Balaban J connectivity index is 2.37. The molecule has 18 heavy (non-hydrogen) atoms. The molecule has 0 fully saturated rings. The van der Waals surface area contributed by atoms with Crippen molar-refractivity contribution in [3.63, 3.8) is 0 Å². The molecule has 1 unspecified atom stereocenters. The molecule has 0 aliphatic carbocycles. The normalized spacial score (nSPS) is 14.5. The zero-order valence-corrected chi connectivity index (χ0v) is 11.9. The quantitative estimate of drug-likeness (QED) is 0.819. The lowest BCUT2D eigenvalue weighted by Gasteiger charge is -2.24. The molecule has 1 aromatic heterocycles. The number of rotatable bonds is 3. The first-order valence-electron chi connectivity index (χ1n) is 5.30. The van der Waals surface area contributed by atoms with Crippen molar-refractivity contribution in [2.75, 3.05) is 0 Å². The van der Waals surface area contributed by atoms with Crippen molar-refractivity contribution in [1.29, 1.82) is 0 Å². The Morgan fingerprint density at radius 1 is 1.33 bits per heavy atom. The SMILES string of the molecule is CC(O)(Cc1cccs1)c1cc(F)c(Cl)cc1Cl. The van der Waals surface area contributed by atoms with Crippen LogP contribution < -0.4 is 0 Å². The van der Waals surface area contributed by atoms with Gasteiger partial charge in [0.05, 0.1) is 10.6 Å². The molecule has 0 saturated carbocycles. The Bertz CT molecular complexity index is 552. The van der Waals surface area contributed by atoms with E-state index < -0.39 is 11.4 Å². The van der Waals surface area contributed by atoms with Crippen LogP contribution >= 0.6 is 34.5 Å². The zero-order chi connectivity index (χ0) is 13.3. The highest BCUT2D eigenvalue weighted by molar-refractivity contribution is 7.09. The highest BCUT2D eigenvalue weighted by atomic mass is 35.5. The van der Waals surface area contributed by atoms with Crippen molar-refractivity contribution in [3.8, 4) is 0 Å². The Labute approximate surface area is 119 Å². The highest BCUT2D eigenvalue weighted by Crippen LogP contribution is 2.34. The van der Waals surface area contributed by atoms with Crippen LogP contribution in [0.15, 0.2) is 29.6 Å². The second-order valence-electron chi connectivity index (χ2n) is 4.28. The largest absolute Gasteiger partial charge is 0.385 e. The average Bonchev–Trinajstić information content (AvgIpc) is 2.75. The van der Waals surface area contributed by atoms with Gasteiger partial charge in [0, 0.05) is 21.9 Å². The van der Waals surface area contributed by atoms with Gasteiger partial charge in [-0.2, -0.15) is 0 Å². The Kier molecular flexibility index (Phi) is 3.97. The van der Waals surface area contributed by atoms with Crippen molar-refractivity contribution in [3.05, 3.63) is 55.9 Å². The molecule has 0 spiro atoms. The van der Waals surface area contributed by atoms with Crippen molar-refractivity contribution in [1.82, 2.24) is 0 Å². The minimum Gasteiger partial charge on any atom is -0.385 e. The van der Waals surface area contributed by atoms with Gasteiger partial charge in [-0.05, 0) is 30.5 Å². The second kappa shape index (κ2) is 5.17. The minimum absolute atomic E-state index is 0.0457. The Morgan fingerprint density at radius 3 is 2.67 bits per heavy atom. The van der Waals surface area contributed by atoms with Gasteiger partial charge in [-0.1, -0.05) is 29.3 Å². The van der Waals surface area contributed by atoms with Crippen LogP contribution in [-0.4, -0.2) is 5.11 Å². The number of hydrogen-bond acceptors (Lipinski definition) is 2. The number of benzene rings is 1. The summed E-state index contributed by atoms with van der Waals surface area (Å²) in [4.78, 5) is 1.01. The third-order valence-corrected chi connectivity index (χ3v) is 4.17. The lowest BCUT2D eigenvalue weighted by molar-refractivity contribution is 0.0582. The van der Waals surface area contributed by atoms with E-state index in [4.69, 9.17) is 23.2 Å².